The second-order valence-corrected chi connectivity index (χ2v) is 6.25. The van der Waals surface area contributed by atoms with Crippen molar-refractivity contribution in [3.63, 3.8) is 0 Å². The average molecular weight is 318 g/mol. The molecule has 5 heteroatoms. The van der Waals surface area contributed by atoms with E-state index in [1.54, 1.807) is 4.90 Å². The summed E-state index contributed by atoms with van der Waals surface area (Å²) in [4.78, 5) is 25.4. The number of nitrogens with one attached hydrogen (secondary N) is 1. The van der Waals surface area contributed by atoms with Crippen molar-refractivity contribution < 1.29 is 14.3 Å². The third-order valence-corrected chi connectivity index (χ3v) is 4.01. The number of ether oxygens (including phenoxy) is 1. The molecule has 23 heavy (non-hydrogen) atoms. The number of carbonyl (C=O) groups excluding carboxylic acids is 2. The first-order valence-electron chi connectivity index (χ1n) is 8.30. The minimum absolute atomic E-state index is 0.0413. The molecule has 1 aromatic rings. The fourth-order valence-corrected chi connectivity index (χ4v) is 2.55. The number of amides is 2. The number of hydrogen-bond acceptors (Lipinski definition) is 3. The van der Waals surface area contributed by atoms with Gasteiger partial charge in [0, 0.05) is 31.6 Å². The molecule has 0 aromatic heterocycles. The SMILES string of the molecule is CC(=O)N(CCNC(=O)C1CCC1)c1ccc(OC(C)C)cc1. The van der Waals surface area contributed by atoms with E-state index in [2.05, 4.69) is 5.32 Å². The van der Waals surface area contributed by atoms with Crippen LogP contribution in [0.4, 0.5) is 5.69 Å². The van der Waals surface area contributed by atoms with Crippen molar-refractivity contribution in [1.29, 1.82) is 0 Å². The van der Waals surface area contributed by atoms with Gasteiger partial charge in [0.2, 0.25) is 11.8 Å². The molecule has 0 radical (unpaired) electrons. The average Bonchev–Trinajstić information content (AvgIpc) is 2.42. The lowest BCUT2D eigenvalue weighted by molar-refractivity contribution is -0.127. The smallest absolute Gasteiger partial charge is 0.223 e. The van der Waals surface area contributed by atoms with Gasteiger partial charge in [0.1, 0.15) is 5.75 Å². The molecule has 0 unspecified atom stereocenters. The normalized spacial score (nSPS) is 14.3. The molecule has 1 aromatic carbocycles. The number of rotatable bonds is 7. The highest BCUT2D eigenvalue weighted by molar-refractivity contribution is 5.91. The number of benzene rings is 1. The van der Waals surface area contributed by atoms with Crippen LogP contribution in [0.15, 0.2) is 24.3 Å². The quantitative estimate of drug-likeness (QED) is 0.841. The Morgan fingerprint density at radius 3 is 2.39 bits per heavy atom. The molecule has 0 saturated heterocycles. The van der Waals surface area contributed by atoms with Crippen LogP contribution in [-0.4, -0.2) is 31.0 Å². The maximum absolute atomic E-state index is 11.9. The van der Waals surface area contributed by atoms with Crippen LogP contribution in [0.1, 0.15) is 40.0 Å². The van der Waals surface area contributed by atoms with Crippen molar-refractivity contribution >= 4 is 17.5 Å². The molecule has 5 nitrogen and oxygen atoms in total. The van der Waals surface area contributed by atoms with E-state index in [-0.39, 0.29) is 23.8 Å². The van der Waals surface area contributed by atoms with Gasteiger partial charge in [-0.05, 0) is 51.0 Å². The molecule has 0 bridgehead atoms. The molecule has 1 N–H and O–H groups in total. The summed E-state index contributed by atoms with van der Waals surface area (Å²) in [6.07, 6.45) is 3.23. The second-order valence-electron chi connectivity index (χ2n) is 6.25. The highest BCUT2D eigenvalue weighted by Crippen LogP contribution is 2.26. The van der Waals surface area contributed by atoms with Gasteiger partial charge in [-0.15, -0.1) is 0 Å². The van der Waals surface area contributed by atoms with Crippen LogP contribution in [0, 0.1) is 5.92 Å². The predicted molar refractivity (Wildman–Crippen MR) is 90.6 cm³/mol. The highest BCUT2D eigenvalue weighted by Gasteiger charge is 2.24. The van der Waals surface area contributed by atoms with Crippen LogP contribution in [0.3, 0.4) is 0 Å². The minimum atomic E-state index is -0.0413. The zero-order valence-corrected chi connectivity index (χ0v) is 14.2. The minimum Gasteiger partial charge on any atom is -0.491 e. The molecule has 2 rings (SSSR count). The van der Waals surface area contributed by atoms with Gasteiger partial charge in [-0.25, -0.2) is 0 Å². The first-order chi connectivity index (χ1) is 11.0. The summed E-state index contributed by atoms with van der Waals surface area (Å²) >= 11 is 0. The van der Waals surface area contributed by atoms with Gasteiger partial charge in [0.25, 0.3) is 0 Å². The Hall–Kier alpha value is -2.04. The highest BCUT2D eigenvalue weighted by atomic mass is 16.5. The molecule has 1 fully saturated rings. The van der Waals surface area contributed by atoms with E-state index in [9.17, 15) is 9.59 Å². The maximum Gasteiger partial charge on any atom is 0.223 e. The Kier molecular flexibility index (Phi) is 6.02. The molecule has 0 spiro atoms. The van der Waals surface area contributed by atoms with Crippen LogP contribution >= 0.6 is 0 Å². The van der Waals surface area contributed by atoms with E-state index in [4.69, 9.17) is 4.74 Å². The summed E-state index contributed by atoms with van der Waals surface area (Å²) in [5.41, 5.74) is 0.812. The second kappa shape index (κ2) is 7.99. The van der Waals surface area contributed by atoms with Gasteiger partial charge in [0.05, 0.1) is 6.10 Å². The molecule has 2 amide bonds. The molecule has 0 aliphatic heterocycles. The van der Waals surface area contributed by atoms with E-state index in [0.717, 1.165) is 30.7 Å². The lowest BCUT2D eigenvalue weighted by Crippen LogP contribution is -2.41. The fourth-order valence-electron chi connectivity index (χ4n) is 2.55. The monoisotopic (exact) mass is 318 g/mol. The van der Waals surface area contributed by atoms with Gasteiger partial charge in [0.15, 0.2) is 0 Å². The topological polar surface area (TPSA) is 58.6 Å². The summed E-state index contributed by atoms with van der Waals surface area (Å²) in [5, 5.41) is 2.92. The van der Waals surface area contributed by atoms with Gasteiger partial charge < -0.3 is 15.0 Å². The van der Waals surface area contributed by atoms with Crippen LogP contribution in [-0.2, 0) is 9.59 Å². The standard InChI is InChI=1S/C18H26N2O3/c1-13(2)23-17-9-7-16(8-10-17)20(14(3)21)12-11-19-18(22)15-5-4-6-15/h7-10,13,15H,4-6,11-12H2,1-3H3,(H,19,22). The van der Waals surface area contributed by atoms with E-state index in [0.29, 0.717) is 13.1 Å². The van der Waals surface area contributed by atoms with Crippen molar-refractivity contribution in [2.75, 3.05) is 18.0 Å². The molecule has 0 heterocycles. The largest absolute Gasteiger partial charge is 0.491 e. The zero-order valence-electron chi connectivity index (χ0n) is 14.2. The number of anilines is 1. The maximum atomic E-state index is 11.9. The molecule has 1 aliphatic carbocycles. The summed E-state index contributed by atoms with van der Waals surface area (Å²) in [6, 6.07) is 7.45. The zero-order chi connectivity index (χ0) is 16.8. The molecule has 0 atom stereocenters. The van der Waals surface area contributed by atoms with Gasteiger partial charge in [-0.2, -0.15) is 0 Å². The number of carbonyl (C=O) groups is 2. The van der Waals surface area contributed by atoms with Crippen LogP contribution in [0.25, 0.3) is 0 Å². The Morgan fingerprint density at radius 1 is 1.26 bits per heavy atom. The van der Waals surface area contributed by atoms with Crippen LogP contribution in [0.5, 0.6) is 5.75 Å². The lowest BCUT2D eigenvalue weighted by atomic mass is 9.85. The molecular weight excluding hydrogens is 292 g/mol. The van der Waals surface area contributed by atoms with E-state index in [1.165, 1.54) is 6.92 Å². The third kappa shape index (κ3) is 4.98. The van der Waals surface area contributed by atoms with Crippen molar-refractivity contribution in [3.8, 4) is 5.75 Å². The lowest BCUT2D eigenvalue weighted by Gasteiger charge is -2.26. The van der Waals surface area contributed by atoms with Crippen molar-refractivity contribution in [2.24, 2.45) is 5.92 Å². The molecule has 1 saturated carbocycles. The summed E-state index contributed by atoms with van der Waals surface area (Å²) in [7, 11) is 0. The first kappa shape index (κ1) is 17.3. The fraction of sp³-hybridized carbons (Fsp3) is 0.556. The predicted octanol–water partition coefficient (Wildman–Crippen LogP) is 2.74. The van der Waals surface area contributed by atoms with Crippen LogP contribution < -0.4 is 15.0 Å². The number of hydrogen-bond donors (Lipinski definition) is 1. The Bertz CT molecular complexity index is 536. The van der Waals surface area contributed by atoms with Crippen molar-refractivity contribution in [1.82, 2.24) is 5.32 Å². The molecule has 126 valence electrons. The van der Waals surface area contributed by atoms with E-state index >= 15 is 0 Å². The Morgan fingerprint density at radius 2 is 1.91 bits per heavy atom. The third-order valence-electron chi connectivity index (χ3n) is 4.01. The van der Waals surface area contributed by atoms with Crippen LogP contribution in [0.2, 0.25) is 0 Å². The first-order valence-corrected chi connectivity index (χ1v) is 8.30. The number of nitrogens with zero attached hydrogens (tertiary/aromatic N) is 1. The summed E-state index contributed by atoms with van der Waals surface area (Å²) in [5.74, 6) is 1.03. The Balaban J connectivity index is 1.89. The Labute approximate surface area is 138 Å². The van der Waals surface area contributed by atoms with E-state index < -0.39 is 0 Å². The van der Waals surface area contributed by atoms with E-state index in [1.807, 2.05) is 38.1 Å². The van der Waals surface area contributed by atoms with Crippen molar-refractivity contribution in [2.45, 2.75) is 46.1 Å². The van der Waals surface area contributed by atoms with Crippen molar-refractivity contribution in [3.05, 3.63) is 24.3 Å². The summed E-state index contributed by atoms with van der Waals surface area (Å²) < 4.78 is 5.61. The van der Waals surface area contributed by atoms with Gasteiger partial charge in [-0.1, -0.05) is 6.42 Å². The van der Waals surface area contributed by atoms with Gasteiger partial charge >= 0.3 is 0 Å². The molecule has 1 aliphatic rings. The molecular formula is C18H26N2O3. The van der Waals surface area contributed by atoms with Gasteiger partial charge in [-0.3, -0.25) is 9.59 Å². The summed E-state index contributed by atoms with van der Waals surface area (Å²) in [6.45, 7) is 6.42.